The van der Waals surface area contributed by atoms with Gasteiger partial charge in [0.05, 0.1) is 24.4 Å². The Morgan fingerprint density at radius 1 is 1.17 bits per heavy atom. The molecule has 0 aliphatic carbocycles. The average Bonchev–Trinajstić information content (AvgIpc) is 2.84. The van der Waals surface area contributed by atoms with Crippen molar-refractivity contribution in [3.05, 3.63) is 77.3 Å². The predicted octanol–water partition coefficient (Wildman–Crippen LogP) is 3.77. The van der Waals surface area contributed by atoms with Gasteiger partial charge in [-0.25, -0.2) is 31.9 Å². The van der Waals surface area contributed by atoms with Crippen molar-refractivity contribution < 1.29 is 36.2 Å². The molecule has 190 valence electrons. The summed E-state index contributed by atoms with van der Waals surface area (Å²) >= 11 is 0. The third kappa shape index (κ3) is 5.51. The third-order valence-electron chi connectivity index (χ3n) is 5.89. The summed E-state index contributed by atoms with van der Waals surface area (Å²) in [6, 6.07) is 2.72. The van der Waals surface area contributed by atoms with Crippen LogP contribution in [0.25, 0.3) is 0 Å². The Morgan fingerprint density at radius 2 is 1.86 bits per heavy atom. The van der Waals surface area contributed by atoms with Crippen molar-refractivity contribution in [1.82, 2.24) is 14.9 Å². The van der Waals surface area contributed by atoms with E-state index in [4.69, 9.17) is 4.74 Å². The van der Waals surface area contributed by atoms with E-state index in [1.165, 1.54) is 12.1 Å². The van der Waals surface area contributed by atoms with Crippen molar-refractivity contribution in [2.45, 2.75) is 31.2 Å². The van der Waals surface area contributed by atoms with E-state index in [0.29, 0.717) is 22.4 Å². The lowest BCUT2D eigenvalue weighted by Gasteiger charge is -2.40. The number of ether oxygens (including phenoxy) is 1. The monoisotopic (exact) mass is 509 g/mol. The number of halogens is 5. The van der Waals surface area contributed by atoms with Crippen molar-refractivity contribution in [2.75, 3.05) is 18.4 Å². The Kier molecular flexibility index (Phi) is 7.02. The largest absolute Gasteiger partial charge is 0.619 e. The quantitative estimate of drug-likeness (QED) is 0.235. The second-order valence-electron chi connectivity index (χ2n) is 8.25. The van der Waals surface area contributed by atoms with Crippen LogP contribution in [0.15, 0.2) is 49.1 Å². The molecule has 1 aromatic carbocycles. The number of anilines is 1. The maximum absolute atomic E-state index is 14.6. The third-order valence-corrected chi connectivity index (χ3v) is 5.89. The molecule has 3 aromatic rings. The number of hydrogen-bond acceptors (Lipinski definition) is 6. The number of amides is 1. The van der Waals surface area contributed by atoms with Crippen LogP contribution in [0.1, 0.15) is 24.8 Å². The lowest BCUT2D eigenvalue weighted by atomic mass is 9.87. The molecule has 8 nitrogen and oxygen atoms in total. The van der Waals surface area contributed by atoms with Gasteiger partial charge in [0.1, 0.15) is 0 Å². The molecule has 36 heavy (non-hydrogen) atoms. The molecule has 0 spiro atoms. The van der Waals surface area contributed by atoms with E-state index in [0.717, 1.165) is 24.8 Å². The van der Waals surface area contributed by atoms with Crippen LogP contribution in [-0.4, -0.2) is 45.8 Å². The van der Waals surface area contributed by atoms with Crippen molar-refractivity contribution in [1.29, 1.82) is 0 Å². The van der Waals surface area contributed by atoms with Crippen LogP contribution >= 0.6 is 0 Å². The zero-order valence-corrected chi connectivity index (χ0v) is 18.8. The van der Waals surface area contributed by atoms with E-state index >= 15 is 0 Å². The van der Waals surface area contributed by atoms with Gasteiger partial charge in [-0.05, 0) is 12.5 Å². The molecule has 1 N–H and O–H groups in total. The van der Waals surface area contributed by atoms with Crippen molar-refractivity contribution in [3.63, 3.8) is 0 Å². The van der Waals surface area contributed by atoms with Crippen LogP contribution in [0.3, 0.4) is 0 Å². The highest BCUT2D eigenvalue weighted by Crippen LogP contribution is 2.40. The molecule has 2 aromatic heterocycles. The van der Waals surface area contributed by atoms with Gasteiger partial charge in [-0.1, -0.05) is 0 Å². The van der Waals surface area contributed by atoms with Gasteiger partial charge in [0, 0.05) is 43.8 Å². The molecule has 1 fully saturated rings. The van der Waals surface area contributed by atoms with E-state index in [9.17, 15) is 32.0 Å². The van der Waals surface area contributed by atoms with Crippen LogP contribution in [0.5, 0.6) is 11.6 Å². The molecule has 3 heterocycles. The summed E-state index contributed by atoms with van der Waals surface area (Å²) in [6.07, 6.45) is 3.97. The fourth-order valence-electron chi connectivity index (χ4n) is 3.81. The van der Waals surface area contributed by atoms with Crippen molar-refractivity contribution >= 4 is 11.7 Å². The average molecular weight is 509 g/mol. The van der Waals surface area contributed by atoms with Gasteiger partial charge >= 0.3 is 0 Å². The molecule has 1 aliphatic heterocycles. The number of carbonyl (C=O) groups excluding carboxylic acids is 1. The number of carbonyl (C=O) groups is 1. The maximum atomic E-state index is 14.6. The Morgan fingerprint density at radius 3 is 2.53 bits per heavy atom. The summed E-state index contributed by atoms with van der Waals surface area (Å²) in [5, 5.41) is 13.8. The molecular weight excluding hydrogens is 489 g/mol. The van der Waals surface area contributed by atoms with E-state index < -0.39 is 53.4 Å². The number of nitrogens with one attached hydrogen (secondary N) is 1. The number of piperidine rings is 1. The van der Waals surface area contributed by atoms with E-state index in [1.54, 1.807) is 11.8 Å². The number of aromatic nitrogens is 3. The van der Waals surface area contributed by atoms with Gasteiger partial charge in [-0.2, -0.15) is 4.73 Å². The first-order valence-corrected chi connectivity index (χ1v) is 10.8. The minimum Gasteiger partial charge on any atom is -0.619 e. The highest BCUT2D eigenvalue weighted by Gasteiger charge is 2.46. The number of benzene rings is 1. The Hall–Kier alpha value is -3.87. The fraction of sp³-hybridized carbons (Fsp3) is 0.304. The van der Waals surface area contributed by atoms with Gasteiger partial charge in [0.2, 0.25) is 11.8 Å². The predicted molar refractivity (Wildman–Crippen MR) is 116 cm³/mol. The van der Waals surface area contributed by atoms with Crippen LogP contribution < -0.4 is 14.8 Å². The van der Waals surface area contributed by atoms with Crippen LogP contribution in [0.2, 0.25) is 0 Å². The minimum atomic E-state index is -3.00. The lowest BCUT2D eigenvalue weighted by molar-refractivity contribution is -0.605. The SMILES string of the molecule is CC(C(=O)Nc1cnc(Oc2cc(F)c(F)cc2F)cn1)N1CCC(F)(F)[C@@H](c2cc[n+]([O-])cc2)C1. The normalized spacial score (nSPS) is 18.4. The first kappa shape index (κ1) is 25.2. The van der Waals surface area contributed by atoms with Crippen LogP contribution in [-0.2, 0) is 4.79 Å². The number of rotatable bonds is 6. The molecule has 1 saturated heterocycles. The first-order chi connectivity index (χ1) is 17.0. The number of hydrogen-bond donors (Lipinski definition) is 1. The Balaban J connectivity index is 1.39. The van der Waals surface area contributed by atoms with Gasteiger partial charge in [0.15, 0.2) is 41.4 Å². The van der Waals surface area contributed by atoms with Gasteiger partial charge in [0.25, 0.3) is 5.92 Å². The molecular formula is C23H20F5N5O3. The topological polar surface area (TPSA) is 94.3 Å². The minimum absolute atomic E-state index is 0.00640. The molecule has 13 heteroatoms. The summed E-state index contributed by atoms with van der Waals surface area (Å²) in [4.78, 5) is 22.1. The Labute approximate surface area is 201 Å². The second-order valence-corrected chi connectivity index (χ2v) is 8.25. The summed E-state index contributed by atoms with van der Waals surface area (Å²) in [5.41, 5.74) is 0.295. The summed E-state index contributed by atoms with van der Waals surface area (Å²) in [5.74, 6) is -9.40. The molecule has 1 amide bonds. The van der Waals surface area contributed by atoms with Crippen LogP contribution in [0, 0.1) is 22.7 Å². The Bertz CT molecular complexity index is 1240. The molecule has 1 aliphatic rings. The van der Waals surface area contributed by atoms with Gasteiger partial charge < -0.3 is 15.3 Å². The molecule has 2 atom stereocenters. The highest BCUT2D eigenvalue weighted by atomic mass is 19.3. The zero-order chi connectivity index (χ0) is 26.0. The number of pyridine rings is 1. The highest BCUT2D eigenvalue weighted by molar-refractivity contribution is 5.93. The maximum Gasteiger partial charge on any atom is 0.257 e. The van der Waals surface area contributed by atoms with E-state index in [1.807, 2.05) is 0 Å². The van der Waals surface area contributed by atoms with Gasteiger partial charge in [-0.15, -0.1) is 0 Å². The fourth-order valence-corrected chi connectivity index (χ4v) is 3.81. The molecule has 0 saturated carbocycles. The smallest absolute Gasteiger partial charge is 0.257 e. The lowest BCUT2D eigenvalue weighted by Crippen LogP contribution is -2.52. The van der Waals surface area contributed by atoms with Crippen molar-refractivity contribution in [3.8, 4) is 11.6 Å². The summed E-state index contributed by atoms with van der Waals surface area (Å²) < 4.78 is 74.8. The number of nitrogens with zero attached hydrogens (tertiary/aromatic N) is 4. The molecule has 0 radical (unpaired) electrons. The first-order valence-electron chi connectivity index (χ1n) is 10.8. The molecule has 4 rings (SSSR count). The van der Waals surface area contributed by atoms with Crippen LogP contribution in [0.4, 0.5) is 27.8 Å². The zero-order valence-electron chi connectivity index (χ0n) is 18.8. The van der Waals surface area contributed by atoms with Gasteiger partial charge in [-0.3, -0.25) is 9.69 Å². The number of likely N-dealkylation sites (tertiary alicyclic amines) is 1. The summed E-state index contributed by atoms with van der Waals surface area (Å²) in [6.45, 7) is 1.43. The summed E-state index contributed by atoms with van der Waals surface area (Å²) in [7, 11) is 0. The van der Waals surface area contributed by atoms with E-state index in [-0.39, 0.29) is 24.8 Å². The second kappa shape index (κ2) is 10.0. The van der Waals surface area contributed by atoms with Crippen molar-refractivity contribution in [2.24, 2.45) is 0 Å². The molecule has 1 unspecified atom stereocenters. The number of alkyl halides is 2. The van der Waals surface area contributed by atoms with E-state index in [2.05, 4.69) is 15.3 Å². The molecule has 0 bridgehead atoms. The standard InChI is InChI=1S/C23H20F5N5O3/c1-13(32-7-4-23(27,28)15(12-32)14-2-5-33(35)6-3-14)22(34)31-20-10-30-21(11-29-20)36-19-9-17(25)16(24)8-18(19)26/h2-3,5-6,8-11,13,15H,4,7,12H2,1H3,(H,29,31,34)/t13?,15-/m1/s1.